The largest absolute Gasteiger partial charge is 0.464 e. The van der Waals surface area contributed by atoms with Crippen LogP contribution in [0, 0.1) is 0 Å². The second-order valence-electron chi connectivity index (χ2n) is 7.91. The molecule has 0 unspecified atom stereocenters. The highest BCUT2D eigenvalue weighted by molar-refractivity contribution is 6.74. The molecule has 5 nitrogen and oxygen atoms in total. The minimum atomic E-state index is -1.71. The molecule has 23 heavy (non-hydrogen) atoms. The van der Waals surface area contributed by atoms with Crippen molar-refractivity contribution in [2.24, 2.45) is 0 Å². The summed E-state index contributed by atoms with van der Waals surface area (Å²) in [6.07, 6.45) is 5.74. The van der Waals surface area contributed by atoms with E-state index in [1.807, 2.05) is 0 Å². The Labute approximate surface area is 139 Å². The topological polar surface area (TPSA) is 61.6 Å². The Hall–Kier alpha value is -1.14. The first-order valence-corrected chi connectivity index (χ1v) is 11.3. The van der Waals surface area contributed by atoms with E-state index in [0.717, 1.165) is 25.7 Å². The Balaban J connectivity index is 1.91. The van der Waals surface area contributed by atoms with Crippen LogP contribution in [0.3, 0.4) is 0 Å². The number of nitrogens with zero attached hydrogens (tertiary/aromatic N) is 1. The van der Waals surface area contributed by atoms with Crippen LogP contribution in [0.5, 0.6) is 0 Å². The van der Waals surface area contributed by atoms with Gasteiger partial charge in [-0.3, -0.25) is 0 Å². The van der Waals surface area contributed by atoms with Gasteiger partial charge < -0.3 is 13.6 Å². The lowest BCUT2D eigenvalue weighted by molar-refractivity contribution is 0.0593. The van der Waals surface area contributed by atoms with Gasteiger partial charge in [0.1, 0.15) is 6.26 Å². The maximum atomic E-state index is 11.5. The third kappa shape index (κ3) is 4.23. The Morgan fingerprint density at radius 2 is 1.87 bits per heavy atom. The lowest BCUT2D eigenvalue weighted by Gasteiger charge is -2.41. The molecule has 1 heterocycles. The summed E-state index contributed by atoms with van der Waals surface area (Å²) in [7, 11) is -0.362. The highest BCUT2D eigenvalue weighted by Gasteiger charge is 2.40. The molecule has 1 fully saturated rings. The van der Waals surface area contributed by atoms with E-state index in [2.05, 4.69) is 43.6 Å². The van der Waals surface area contributed by atoms with Gasteiger partial charge in [0, 0.05) is 12.0 Å². The normalized spacial score (nSPS) is 22.9. The van der Waals surface area contributed by atoms with Crippen LogP contribution in [0.1, 0.15) is 68.8 Å². The summed E-state index contributed by atoms with van der Waals surface area (Å²) >= 11 is 0. The summed E-state index contributed by atoms with van der Waals surface area (Å²) in [5.74, 6) is 0.471. The maximum absolute atomic E-state index is 11.5. The minimum absolute atomic E-state index is 0.238. The van der Waals surface area contributed by atoms with Crippen LogP contribution in [-0.4, -0.2) is 32.5 Å². The average molecular weight is 340 g/mol. The molecule has 0 amide bonds. The van der Waals surface area contributed by atoms with Gasteiger partial charge in [-0.15, -0.1) is 0 Å². The summed E-state index contributed by atoms with van der Waals surface area (Å²) in [6, 6.07) is 0. The maximum Gasteiger partial charge on any atom is 0.360 e. The van der Waals surface area contributed by atoms with E-state index in [1.54, 1.807) is 0 Å². The van der Waals surface area contributed by atoms with E-state index in [0.29, 0.717) is 12.0 Å². The van der Waals surface area contributed by atoms with E-state index >= 15 is 0 Å². The summed E-state index contributed by atoms with van der Waals surface area (Å²) in [6.45, 7) is 11.4. The van der Waals surface area contributed by atoms with E-state index < -0.39 is 14.3 Å². The number of carbonyl (C=O) groups is 1. The lowest BCUT2D eigenvalue weighted by atomic mass is 9.87. The lowest BCUT2D eigenvalue weighted by Crippen LogP contribution is -2.44. The summed E-state index contributed by atoms with van der Waals surface area (Å²) in [4.78, 5) is 15.7. The number of esters is 1. The second-order valence-corrected chi connectivity index (χ2v) is 12.7. The van der Waals surface area contributed by atoms with Crippen molar-refractivity contribution in [2.75, 3.05) is 7.11 Å². The van der Waals surface area contributed by atoms with Crippen molar-refractivity contribution < 1.29 is 18.4 Å². The molecule has 1 aliphatic carbocycles. The first kappa shape index (κ1) is 18.2. The molecular formula is C17H29NO4Si. The van der Waals surface area contributed by atoms with E-state index in [4.69, 9.17) is 8.84 Å². The Morgan fingerprint density at radius 3 is 2.39 bits per heavy atom. The zero-order valence-corrected chi connectivity index (χ0v) is 16.1. The average Bonchev–Trinajstić information content (AvgIpc) is 2.95. The van der Waals surface area contributed by atoms with Crippen LogP contribution in [0.25, 0.3) is 0 Å². The molecule has 1 aromatic heterocycles. The van der Waals surface area contributed by atoms with Crippen LogP contribution >= 0.6 is 0 Å². The molecule has 0 aliphatic heterocycles. The Kier molecular flexibility index (Phi) is 5.36. The molecule has 0 bridgehead atoms. The summed E-state index contributed by atoms with van der Waals surface area (Å²) in [5.41, 5.74) is 0.252. The molecule has 6 heteroatoms. The zero-order chi connectivity index (χ0) is 17.3. The van der Waals surface area contributed by atoms with Gasteiger partial charge in [-0.2, -0.15) is 0 Å². The molecule has 0 spiro atoms. The van der Waals surface area contributed by atoms with Crippen LogP contribution in [0.2, 0.25) is 18.1 Å². The SMILES string of the molecule is COC(=O)c1coc([C@H]2CC[C@H](O[Si](C)(C)C(C)(C)C)CC2)n1. The van der Waals surface area contributed by atoms with Gasteiger partial charge >= 0.3 is 5.97 Å². The predicted octanol–water partition coefficient (Wildman–Crippen LogP) is 4.51. The molecule has 0 radical (unpaired) electrons. The summed E-state index contributed by atoms with van der Waals surface area (Å²) in [5, 5.41) is 0.238. The van der Waals surface area contributed by atoms with Crippen LogP contribution in [0.15, 0.2) is 10.7 Å². The van der Waals surface area contributed by atoms with Crippen molar-refractivity contribution in [3.8, 4) is 0 Å². The van der Waals surface area contributed by atoms with Gasteiger partial charge in [0.05, 0.1) is 7.11 Å². The number of aromatic nitrogens is 1. The van der Waals surface area contributed by atoms with Gasteiger partial charge in [0.15, 0.2) is 19.9 Å². The fourth-order valence-corrected chi connectivity index (χ4v) is 4.12. The number of carbonyl (C=O) groups excluding carboxylic acids is 1. The third-order valence-electron chi connectivity index (χ3n) is 5.21. The molecule has 0 saturated heterocycles. The Bertz CT molecular complexity index is 539. The summed E-state index contributed by atoms with van der Waals surface area (Å²) < 4.78 is 16.6. The molecular weight excluding hydrogens is 310 g/mol. The molecule has 130 valence electrons. The van der Waals surface area contributed by atoms with Crippen LogP contribution < -0.4 is 0 Å². The number of hydrogen-bond donors (Lipinski definition) is 0. The monoisotopic (exact) mass is 339 g/mol. The van der Waals surface area contributed by atoms with Gasteiger partial charge in [0.2, 0.25) is 0 Å². The smallest absolute Gasteiger partial charge is 0.360 e. The number of ether oxygens (including phenoxy) is 1. The highest BCUT2D eigenvalue weighted by Crippen LogP contribution is 2.41. The van der Waals surface area contributed by atoms with Gasteiger partial charge in [-0.05, 0) is 43.8 Å². The Morgan fingerprint density at radius 1 is 1.26 bits per heavy atom. The number of methoxy groups -OCH3 is 1. The van der Waals surface area contributed by atoms with Crippen molar-refractivity contribution in [3.63, 3.8) is 0 Å². The zero-order valence-electron chi connectivity index (χ0n) is 15.1. The first-order valence-electron chi connectivity index (χ1n) is 8.35. The predicted molar refractivity (Wildman–Crippen MR) is 91.1 cm³/mol. The molecule has 0 N–H and O–H groups in total. The molecule has 0 atom stereocenters. The highest BCUT2D eigenvalue weighted by atomic mass is 28.4. The third-order valence-corrected chi connectivity index (χ3v) is 9.74. The van der Waals surface area contributed by atoms with Gasteiger partial charge in [-0.25, -0.2) is 9.78 Å². The van der Waals surface area contributed by atoms with Gasteiger partial charge in [0.25, 0.3) is 0 Å². The number of oxazole rings is 1. The van der Waals surface area contributed by atoms with Crippen molar-refractivity contribution in [1.82, 2.24) is 4.98 Å². The van der Waals surface area contributed by atoms with Crippen molar-refractivity contribution in [2.45, 2.75) is 76.6 Å². The quantitative estimate of drug-likeness (QED) is 0.596. The van der Waals surface area contributed by atoms with Gasteiger partial charge in [-0.1, -0.05) is 20.8 Å². The molecule has 1 aliphatic rings. The first-order chi connectivity index (χ1) is 10.6. The van der Waals surface area contributed by atoms with E-state index in [9.17, 15) is 4.79 Å². The molecule has 0 aromatic carbocycles. The minimum Gasteiger partial charge on any atom is -0.464 e. The van der Waals surface area contributed by atoms with Crippen molar-refractivity contribution in [1.29, 1.82) is 0 Å². The second kappa shape index (κ2) is 6.77. The van der Waals surface area contributed by atoms with Crippen LogP contribution in [0.4, 0.5) is 0 Å². The van der Waals surface area contributed by atoms with E-state index in [1.165, 1.54) is 13.4 Å². The fourth-order valence-electron chi connectivity index (χ4n) is 2.69. The molecule has 2 rings (SSSR count). The number of hydrogen-bond acceptors (Lipinski definition) is 5. The molecule has 1 saturated carbocycles. The van der Waals surface area contributed by atoms with Crippen molar-refractivity contribution in [3.05, 3.63) is 17.8 Å². The number of rotatable bonds is 4. The van der Waals surface area contributed by atoms with Crippen molar-refractivity contribution >= 4 is 14.3 Å². The molecule has 1 aromatic rings. The van der Waals surface area contributed by atoms with E-state index in [-0.39, 0.29) is 16.7 Å². The van der Waals surface area contributed by atoms with Crippen LogP contribution in [-0.2, 0) is 9.16 Å². The standard InChI is InChI=1S/C17H29NO4Si/c1-17(2,3)23(5,6)22-13-9-7-12(8-10-13)15-18-14(11-21-15)16(19)20-4/h11-13H,7-10H2,1-6H3/t12-,13-. The fraction of sp³-hybridized carbons (Fsp3) is 0.765.